The molecule has 2 aromatic rings. The molecule has 0 aliphatic carbocycles. The van der Waals surface area contributed by atoms with E-state index in [2.05, 4.69) is 25.9 Å². The lowest BCUT2D eigenvalue weighted by Gasteiger charge is -1.97. The summed E-state index contributed by atoms with van der Waals surface area (Å²) >= 11 is 3.42. The van der Waals surface area contributed by atoms with Crippen LogP contribution in [0.5, 0.6) is 6.01 Å². The third-order valence-electron chi connectivity index (χ3n) is 1.88. The van der Waals surface area contributed by atoms with E-state index in [1.54, 1.807) is 13.3 Å². The highest BCUT2D eigenvalue weighted by atomic mass is 79.9. The Balaban J connectivity index is 2.39. The normalized spacial score (nSPS) is 10.1. The molecular formula is C10H9BrN2O. The molecule has 1 aromatic carbocycles. The predicted molar refractivity (Wildman–Crippen MR) is 58.3 cm³/mol. The van der Waals surface area contributed by atoms with Crippen LogP contribution in [0.3, 0.4) is 0 Å². The summed E-state index contributed by atoms with van der Waals surface area (Å²) in [5.41, 5.74) is 2.03. The number of hydrogen-bond acceptors (Lipinski definition) is 2. The first-order valence-electron chi connectivity index (χ1n) is 4.14. The van der Waals surface area contributed by atoms with Gasteiger partial charge in [0.1, 0.15) is 0 Å². The molecular weight excluding hydrogens is 244 g/mol. The van der Waals surface area contributed by atoms with Crippen LogP contribution in [0, 0.1) is 0 Å². The Bertz CT molecular complexity index is 439. The van der Waals surface area contributed by atoms with E-state index in [1.807, 2.05) is 24.3 Å². The molecule has 0 fully saturated rings. The van der Waals surface area contributed by atoms with Gasteiger partial charge >= 0.3 is 0 Å². The Morgan fingerprint density at radius 1 is 1.43 bits per heavy atom. The Morgan fingerprint density at radius 3 is 2.93 bits per heavy atom. The van der Waals surface area contributed by atoms with Crippen LogP contribution in [-0.2, 0) is 0 Å². The number of rotatable bonds is 2. The highest BCUT2D eigenvalue weighted by molar-refractivity contribution is 9.10. The SMILES string of the molecule is COc1ncc(-c2cccc(Br)c2)[nH]1. The predicted octanol–water partition coefficient (Wildman–Crippen LogP) is 2.85. The van der Waals surface area contributed by atoms with Crippen LogP contribution >= 0.6 is 15.9 Å². The Morgan fingerprint density at radius 2 is 2.29 bits per heavy atom. The monoisotopic (exact) mass is 252 g/mol. The van der Waals surface area contributed by atoms with Crippen LogP contribution in [-0.4, -0.2) is 17.1 Å². The van der Waals surface area contributed by atoms with Gasteiger partial charge in [-0.05, 0) is 12.1 Å². The fourth-order valence-electron chi connectivity index (χ4n) is 1.21. The van der Waals surface area contributed by atoms with Crippen LogP contribution in [0.4, 0.5) is 0 Å². The van der Waals surface area contributed by atoms with Crippen molar-refractivity contribution in [1.29, 1.82) is 0 Å². The third kappa shape index (κ3) is 1.80. The van der Waals surface area contributed by atoms with Gasteiger partial charge in [-0.2, -0.15) is 0 Å². The highest BCUT2D eigenvalue weighted by Gasteiger charge is 2.02. The molecule has 14 heavy (non-hydrogen) atoms. The van der Waals surface area contributed by atoms with Crippen LogP contribution in [0.1, 0.15) is 0 Å². The van der Waals surface area contributed by atoms with Crippen molar-refractivity contribution in [2.24, 2.45) is 0 Å². The molecule has 1 heterocycles. The van der Waals surface area contributed by atoms with Crippen LogP contribution in [0.2, 0.25) is 0 Å². The van der Waals surface area contributed by atoms with E-state index in [1.165, 1.54) is 0 Å². The van der Waals surface area contributed by atoms with Crippen LogP contribution in [0.25, 0.3) is 11.3 Å². The summed E-state index contributed by atoms with van der Waals surface area (Å²) in [6.45, 7) is 0. The fraction of sp³-hybridized carbons (Fsp3) is 0.100. The number of halogens is 1. The molecule has 1 aromatic heterocycles. The number of benzene rings is 1. The van der Waals surface area contributed by atoms with Crippen molar-refractivity contribution in [1.82, 2.24) is 9.97 Å². The van der Waals surface area contributed by atoms with Gasteiger partial charge in [0.15, 0.2) is 0 Å². The van der Waals surface area contributed by atoms with Gasteiger partial charge in [-0.15, -0.1) is 0 Å². The molecule has 2 rings (SSSR count). The van der Waals surface area contributed by atoms with Crippen LogP contribution in [0.15, 0.2) is 34.9 Å². The average molecular weight is 253 g/mol. The molecule has 0 amide bonds. The van der Waals surface area contributed by atoms with Gasteiger partial charge in [-0.1, -0.05) is 28.1 Å². The summed E-state index contributed by atoms with van der Waals surface area (Å²) in [5, 5.41) is 0. The second kappa shape index (κ2) is 3.84. The van der Waals surface area contributed by atoms with E-state index in [0.29, 0.717) is 6.01 Å². The average Bonchev–Trinajstić information content (AvgIpc) is 2.66. The summed E-state index contributed by atoms with van der Waals surface area (Å²) in [7, 11) is 1.59. The zero-order chi connectivity index (χ0) is 9.97. The van der Waals surface area contributed by atoms with Crippen molar-refractivity contribution < 1.29 is 4.74 Å². The molecule has 0 spiro atoms. The summed E-state index contributed by atoms with van der Waals surface area (Å²) in [6.07, 6.45) is 1.75. The topological polar surface area (TPSA) is 37.9 Å². The minimum atomic E-state index is 0.528. The fourth-order valence-corrected chi connectivity index (χ4v) is 1.61. The molecule has 0 saturated heterocycles. The number of nitrogens with one attached hydrogen (secondary N) is 1. The number of imidazole rings is 1. The van der Waals surface area contributed by atoms with Gasteiger partial charge in [-0.3, -0.25) is 0 Å². The van der Waals surface area contributed by atoms with E-state index in [9.17, 15) is 0 Å². The Kier molecular flexibility index (Phi) is 2.54. The number of methoxy groups -OCH3 is 1. The molecule has 0 saturated carbocycles. The minimum Gasteiger partial charge on any atom is -0.468 e. The number of aromatic nitrogens is 2. The van der Waals surface area contributed by atoms with E-state index in [4.69, 9.17) is 4.74 Å². The lowest BCUT2D eigenvalue weighted by molar-refractivity contribution is 0.384. The van der Waals surface area contributed by atoms with Gasteiger partial charge in [0.2, 0.25) is 0 Å². The molecule has 0 radical (unpaired) electrons. The number of H-pyrrole nitrogens is 1. The molecule has 3 nitrogen and oxygen atoms in total. The van der Waals surface area contributed by atoms with Crippen molar-refractivity contribution in [3.63, 3.8) is 0 Å². The molecule has 0 aliphatic rings. The van der Waals surface area contributed by atoms with Crippen molar-refractivity contribution in [2.45, 2.75) is 0 Å². The Labute approximate surface area is 90.3 Å². The summed E-state index contributed by atoms with van der Waals surface area (Å²) in [5.74, 6) is 0. The minimum absolute atomic E-state index is 0.528. The maximum atomic E-state index is 4.97. The van der Waals surface area contributed by atoms with E-state index >= 15 is 0 Å². The maximum absolute atomic E-state index is 4.97. The lowest BCUT2D eigenvalue weighted by Crippen LogP contribution is -1.83. The smallest absolute Gasteiger partial charge is 0.293 e. The van der Waals surface area contributed by atoms with Gasteiger partial charge in [-0.25, -0.2) is 4.98 Å². The van der Waals surface area contributed by atoms with Gasteiger partial charge in [0.05, 0.1) is 19.0 Å². The maximum Gasteiger partial charge on any atom is 0.293 e. The molecule has 0 unspecified atom stereocenters. The van der Waals surface area contributed by atoms with E-state index in [-0.39, 0.29) is 0 Å². The summed E-state index contributed by atoms with van der Waals surface area (Å²) in [6, 6.07) is 8.52. The number of aromatic amines is 1. The van der Waals surface area contributed by atoms with Gasteiger partial charge in [0.25, 0.3) is 6.01 Å². The van der Waals surface area contributed by atoms with Crippen molar-refractivity contribution in [2.75, 3.05) is 7.11 Å². The third-order valence-corrected chi connectivity index (χ3v) is 2.37. The Hall–Kier alpha value is -1.29. The zero-order valence-corrected chi connectivity index (χ0v) is 9.21. The molecule has 0 aliphatic heterocycles. The van der Waals surface area contributed by atoms with Crippen molar-refractivity contribution >= 4 is 15.9 Å². The number of ether oxygens (including phenoxy) is 1. The first-order chi connectivity index (χ1) is 6.79. The van der Waals surface area contributed by atoms with E-state index in [0.717, 1.165) is 15.7 Å². The summed E-state index contributed by atoms with van der Waals surface area (Å²) < 4.78 is 6.01. The van der Waals surface area contributed by atoms with E-state index < -0.39 is 0 Å². The number of hydrogen-bond donors (Lipinski definition) is 1. The molecule has 4 heteroatoms. The standard InChI is InChI=1S/C10H9BrN2O/c1-14-10-12-6-9(13-10)7-3-2-4-8(11)5-7/h2-6H,1H3,(H,12,13). The lowest BCUT2D eigenvalue weighted by atomic mass is 10.2. The first-order valence-corrected chi connectivity index (χ1v) is 4.94. The first kappa shape index (κ1) is 9.27. The van der Waals surface area contributed by atoms with Crippen molar-refractivity contribution in [3.05, 3.63) is 34.9 Å². The van der Waals surface area contributed by atoms with Crippen LogP contribution < -0.4 is 4.74 Å². The zero-order valence-electron chi connectivity index (χ0n) is 7.62. The molecule has 1 N–H and O–H groups in total. The quantitative estimate of drug-likeness (QED) is 0.893. The van der Waals surface area contributed by atoms with Gasteiger partial charge < -0.3 is 9.72 Å². The largest absolute Gasteiger partial charge is 0.468 e. The highest BCUT2D eigenvalue weighted by Crippen LogP contribution is 2.22. The second-order valence-corrected chi connectivity index (χ2v) is 3.73. The van der Waals surface area contributed by atoms with Crippen molar-refractivity contribution in [3.8, 4) is 17.3 Å². The van der Waals surface area contributed by atoms with Gasteiger partial charge in [0, 0.05) is 10.0 Å². The number of nitrogens with zero attached hydrogens (tertiary/aromatic N) is 1. The second-order valence-electron chi connectivity index (χ2n) is 2.82. The summed E-state index contributed by atoms with van der Waals surface area (Å²) in [4.78, 5) is 7.10. The molecule has 0 bridgehead atoms. The molecule has 0 atom stereocenters. The molecule has 72 valence electrons.